The van der Waals surface area contributed by atoms with Gasteiger partial charge in [0.05, 0.1) is 0 Å². The summed E-state index contributed by atoms with van der Waals surface area (Å²) in [7, 11) is 2.22. The maximum atomic E-state index is 5.82. The molecule has 1 unspecified atom stereocenters. The standard InChI is InChI=1S/C15H25N3/c1-13-11-17(2)8-5-9-18(13)12-15-7-4-3-6-14(15)10-16/h3-4,6-7,13H,5,8-12,16H2,1-2H3. The van der Waals surface area contributed by atoms with Crippen LogP contribution in [0.1, 0.15) is 24.5 Å². The zero-order chi connectivity index (χ0) is 13.0. The van der Waals surface area contributed by atoms with Gasteiger partial charge in [0.25, 0.3) is 0 Å². The lowest BCUT2D eigenvalue weighted by Crippen LogP contribution is -2.37. The Bertz CT molecular complexity index is 378. The summed E-state index contributed by atoms with van der Waals surface area (Å²) in [5, 5.41) is 0. The highest BCUT2D eigenvalue weighted by atomic mass is 15.2. The molecule has 1 atom stereocenters. The van der Waals surface area contributed by atoms with Crippen molar-refractivity contribution in [1.29, 1.82) is 0 Å². The predicted molar refractivity (Wildman–Crippen MR) is 76.3 cm³/mol. The largest absolute Gasteiger partial charge is 0.326 e. The molecule has 3 heteroatoms. The number of nitrogens with zero attached hydrogens (tertiary/aromatic N) is 2. The Hall–Kier alpha value is -0.900. The highest BCUT2D eigenvalue weighted by molar-refractivity contribution is 5.26. The molecule has 0 aromatic heterocycles. The average Bonchev–Trinajstić information content (AvgIpc) is 2.52. The van der Waals surface area contributed by atoms with E-state index in [1.165, 1.54) is 30.6 Å². The first-order chi connectivity index (χ1) is 8.70. The van der Waals surface area contributed by atoms with Crippen LogP contribution in [0.15, 0.2) is 24.3 Å². The van der Waals surface area contributed by atoms with Gasteiger partial charge in [-0.3, -0.25) is 4.90 Å². The fraction of sp³-hybridized carbons (Fsp3) is 0.600. The lowest BCUT2D eigenvalue weighted by atomic mass is 10.1. The maximum absolute atomic E-state index is 5.82. The number of nitrogens with two attached hydrogens (primary N) is 1. The Morgan fingerprint density at radius 1 is 1.22 bits per heavy atom. The molecule has 1 fully saturated rings. The molecule has 1 aliphatic rings. The summed E-state index contributed by atoms with van der Waals surface area (Å²) in [6.45, 7) is 7.54. The van der Waals surface area contributed by atoms with Crippen molar-refractivity contribution < 1.29 is 0 Å². The molecule has 2 rings (SSSR count). The molecule has 100 valence electrons. The van der Waals surface area contributed by atoms with Crippen molar-refractivity contribution in [3.63, 3.8) is 0 Å². The predicted octanol–water partition coefficient (Wildman–Crippen LogP) is 1.67. The number of hydrogen-bond acceptors (Lipinski definition) is 3. The van der Waals surface area contributed by atoms with Crippen LogP contribution in [-0.2, 0) is 13.1 Å². The monoisotopic (exact) mass is 247 g/mol. The second kappa shape index (κ2) is 6.32. The first-order valence-corrected chi connectivity index (χ1v) is 6.90. The molecule has 1 saturated heterocycles. The average molecular weight is 247 g/mol. The quantitative estimate of drug-likeness (QED) is 0.882. The molecule has 1 aliphatic heterocycles. The normalized spacial score (nSPS) is 22.9. The number of likely N-dealkylation sites (N-methyl/N-ethyl adjacent to an activating group) is 1. The Morgan fingerprint density at radius 3 is 2.67 bits per heavy atom. The summed E-state index contributed by atoms with van der Waals surface area (Å²) in [5.74, 6) is 0. The van der Waals surface area contributed by atoms with E-state index in [1.807, 2.05) is 0 Å². The van der Waals surface area contributed by atoms with Crippen molar-refractivity contribution in [2.24, 2.45) is 5.73 Å². The van der Waals surface area contributed by atoms with Crippen LogP contribution < -0.4 is 5.73 Å². The Kier molecular flexibility index (Phi) is 4.75. The summed E-state index contributed by atoms with van der Waals surface area (Å²) >= 11 is 0. The summed E-state index contributed by atoms with van der Waals surface area (Å²) in [5.41, 5.74) is 8.48. The SMILES string of the molecule is CC1CN(C)CCCN1Cc1ccccc1CN. The van der Waals surface area contributed by atoms with Gasteiger partial charge in [-0.15, -0.1) is 0 Å². The van der Waals surface area contributed by atoms with Crippen LogP contribution >= 0.6 is 0 Å². The molecule has 2 N–H and O–H groups in total. The van der Waals surface area contributed by atoms with Gasteiger partial charge in [-0.2, -0.15) is 0 Å². The van der Waals surface area contributed by atoms with Crippen LogP contribution in [-0.4, -0.2) is 42.5 Å². The summed E-state index contributed by atoms with van der Waals surface area (Å²) in [4.78, 5) is 5.01. The number of benzene rings is 1. The van der Waals surface area contributed by atoms with Gasteiger partial charge < -0.3 is 10.6 Å². The molecule has 0 spiro atoms. The third-order valence-electron chi connectivity index (χ3n) is 3.90. The molecule has 3 nitrogen and oxygen atoms in total. The van der Waals surface area contributed by atoms with Gasteiger partial charge in [-0.25, -0.2) is 0 Å². The molecule has 0 radical (unpaired) electrons. The van der Waals surface area contributed by atoms with Gasteiger partial charge in [-0.1, -0.05) is 24.3 Å². The van der Waals surface area contributed by atoms with E-state index < -0.39 is 0 Å². The van der Waals surface area contributed by atoms with E-state index in [1.54, 1.807) is 0 Å². The fourth-order valence-electron chi connectivity index (χ4n) is 2.79. The molecule has 1 heterocycles. The molecule has 0 saturated carbocycles. The second-order valence-electron chi connectivity index (χ2n) is 5.41. The Balaban J connectivity index is 2.07. The zero-order valence-corrected chi connectivity index (χ0v) is 11.6. The first-order valence-electron chi connectivity index (χ1n) is 6.90. The minimum atomic E-state index is 0.614. The second-order valence-corrected chi connectivity index (χ2v) is 5.41. The van der Waals surface area contributed by atoms with E-state index in [4.69, 9.17) is 5.73 Å². The molecule has 0 amide bonds. The van der Waals surface area contributed by atoms with E-state index in [9.17, 15) is 0 Å². The Labute approximate surface area is 111 Å². The van der Waals surface area contributed by atoms with Crippen LogP contribution in [0.2, 0.25) is 0 Å². The van der Waals surface area contributed by atoms with Crippen LogP contribution in [0.25, 0.3) is 0 Å². The number of rotatable bonds is 3. The molecule has 1 aromatic rings. The van der Waals surface area contributed by atoms with Crippen LogP contribution in [0.4, 0.5) is 0 Å². The lowest BCUT2D eigenvalue weighted by molar-refractivity contribution is 0.194. The highest BCUT2D eigenvalue weighted by Crippen LogP contribution is 2.16. The lowest BCUT2D eigenvalue weighted by Gasteiger charge is -2.28. The summed E-state index contributed by atoms with van der Waals surface area (Å²) < 4.78 is 0. The van der Waals surface area contributed by atoms with E-state index in [-0.39, 0.29) is 0 Å². The van der Waals surface area contributed by atoms with E-state index in [0.29, 0.717) is 12.6 Å². The van der Waals surface area contributed by atoms with E-state index in [2.05, 4.69) is 48.0 Å². The van der Waals surface area contributed by atoms with Gasteiger partial charge in [-0.05, 0) is 38.1 Å². The van der Waals surface area contributed by atoms with Crippen molar-refractivity contribution in [3.05, 3.63) is 35.4 Å². The van der Waals surface area contributed by atoms with Gasteiger partial charge in [0.1, 0.15) is 0 Å². The van der Waals surface area contributed by atoms with Gasteiger partial charge in [0, 0.05) is 32.2 Å². The smallest absolute Gasteiger partial charge is 0.0240 e. The molecule has 0 aliphatic carbocycles. The van der Waals surface area contributed by atoms with Crippen molar-refractivity contribution in [3.8, 4) is 0 Å². The topological polar surface area (TPSA) is 32.5 Å². The van der Waals surface area contributed by atoms with Crippen LogP contribution in [0.5, 0.6) is 0 Å². The molecular formula is C15H25N3. The van der Waals surface area contributed by atoms with Crippen LogP contribution in [0.3, 0.4) is 0 Å². The third kappa shape index (κ3) is 3.31. The Morgan fingerprint density at radius 2 is 1.94 bits per heavy atom. The zero-order valence-electron chi connectivity index (χ0n) is 11.6. The molecular weight excluding hydrogens is 222 g/mol. The highest BCUT2D eigenvalue weighted by Gasteiger charge is 2.20. The minimum Gasteiger partial charge on any atom is -0.326 e. The minimum absolute atomic E-state index is 0.614. The fourth-order valence-corrected chi connectivity index (χ4v) is 2.79. The van der Waals surface area contributed by atoms with Crippen molar-refractivity contribution in [2.75, 3.05) is 26.7 Å². The van der Waals surface area contributed by atoms with Gasteiger partial charge >= 0.3 is 0 Å². The van der Waals surface area contributed by atoms with Crippen molar-refractivity contribution in [1.82, 2.24) is 9.80 Å². The molecule has 0 bridgehead atoms. The van der Waals surface area contributed by atoms with Crippen molar-refractivity contribution >= 4 is 0 Å². The van der Waals surface area contributed by atoms with E-state index >= 15 is 0 Å². The van der Waals surface area contributed by atoms with Crippen LogP contribution in [0, 0.1) is 0 Å². The summed E-state index contributed by atoms with van der Waals surface area (Å²) in [6, 6.07) is 9.16. The molecule has 18 heavy (non-hydrogen) atoms. The van der Waals surface area contributed by atoms with E-state index in [0.717, 1.165) is 13.1 Å². The van der Waals surface area contributed by atoms with Gasteiger partial charge in [0.15, 0.2) is 0 Å². The van der Waals surface area contributed by atoms with Crippen molar-refractivity contribution in [2.45, 2.75) is 32.5 Å². The maximum Gasteiger partial charge on any atom is 0.0240 e. The molecule has 1 aromatic carbocycles. The third-order valence-corrected chi connectivity index (χ3v) is 3.90. The number of hydrogen-bond donors (Lipinski definition) is 1. The summed E-state index contributed by atoms with van der Waals surface area (Å²) in [6.07, 6.45) is 1.26. The van der Waals surface area contributed by atoms with Gasteiger partial charge in [0.2, 0.25) is 0 Å². The first kappa shape index (κ1) is 13.5.